The van der Waals surface area contributed by atoms with E-state index in [1.807, 2.05) is 36.7 Å². The molecule has 0 unspecified atom stereocenters. The van der Waals surface area contributed by atoms with E-state index in [0.717, 1.165) is 107 Å². The van der Waals surface area contributed by atoms with Crippen LogP contribution in [0, 0.1) is 0 Å². The maximum Gasteiger partial charge on any atom is 0.0978 e. The molecule has 282 valence electrons. The molecule has 0 spiro atoms. The molecule has 4 aromatic rings. The van der Waals surface area contributed by atoms with Gasteiger partial charge in [0.2, 0.25) is 0 Å². The predicted octanol–water partition coefficient (Wildman–Crippen LogP) is 11.3. The van der Waals surface area contributed by atoms with Crippen molar-refractivity contribution in [2.45, 2.75) is 0 Å². The van der Waals surface area contributed by atoms with Crippen molar-refractivity contribution in [2.75, 3.05) is 0 Å². The van der Waals surface area contributed by atoms with E-state index in [9.17, 15) is 0 Å². The lowest BCUT2D eigenvalue weighted by Gasteiger charge is -2.23. The summed E-state index contributed by atoms with van der Waals surface area (Å²) in [6, 6.07) is 41.8. The minimum absolute atomic E-state index is 0.810. The number of benzene rings is 4. The van der Waals surface area contributed by atoms with Crippen molar-refractivity contribution in [1.82, 2.24) is 10.2 Å². The fourth-order valence-electron chi connectivity index (χ4n) is 8.30. The van der Waals surface area contributed by atoms with Gasteiger partial charge in [0.15, 0.2) is 0 Å². The molecule has 11 rings (SSSR count). The molecule has 0 aromatic heterocycles. The first-order chi connectivity index (χ1) is 29.7. The zero-order valence-electron chi connectivity index (χ0n) is 32.4. The van der Waals surface area contributed by atoms with Gasteiger partial charge in [0.05, 0.1) is 51.3 Å². The number of dihydropyridines is 1. The molecule has 7 aliphatic rings. The largest absolute Gasteiger partial charge is 0.368 e. The lowest BCUT2D eigenvalue weighted by atomic mass is 9.97. The molecule has 0 radical (unpaired) electrons. The van der Waals surface area contributed by atoms with Crippen LogP contribution in [0.4, 0.5) is 0 Å². The van der Waals surface area contributed by atoms with Crippen molar-refractivity contribution >= 4 is 45.1 Å². The summed E-state index contributed by atoms with van der Waals surface area (Å²) in [7, 11) is 0. The monoisotopic (exact) mass is 768 g/mol. The van der Waals surface area contributed by atoms with Crippen molar-refractivity contribution in [2.24, 2.45) is 20.0 Å². The highest BCUT2D eigenvalue weighted by Gasteiger charge is 2.31. The van der Waals surface area contributed by atoms with Crippen LogP contribution in [-0.4, -0.2) is 27.7 Å². The first-order valence-electron chi connectivity index (χ1n) is 20.0. The van der Waals surface area contributed by atoms with Crippen molar-refractivity contribution in [3.05, 3.63) is 275 Å². The van der Waals surface area contributed by atoms with E-state index in [0.29, 0.717) is 0 Å². The van der Waals surface area contributed by atoms with E-state index in [2.05, 4.69) is 187 Å². The number of nitrogens with one attached hydrogen (secondary N) is 1. The lowest BCUT2D eigenvalue weighted by Crippen LogP contribution is -2.14. The Morgan fingerprint density at radius 2 is 0.733 bits per heavy atom. The van der Waals surface area contributed by atoms with Gasteiger partial charge in [0.25, 0.3) is 0 Å². The summed E-state index contributed by atoms with van der Waals surface area (Å²) in [5, 5.41) is 3.14. The van der Waals surface area contributed by atoms with Crippen LogP contribution in [0.1, 0.15) is 22.3 Å². The standard InChI is InChI=1S/C54H36N6/c1-5-13-38(14-6-1)50-42-21-22-43(56-42)51(39-15-7-2-8-16-39)45-25-26-47(58-45)53(41-19-11-4-12-20-41)54-49(60-33-29-37(30-34-60)36-27-31-55-32-28-36)35-48(59-54)52(40-17-9-3-10-18-40)46-24-23-44(50)57-46/h1-35,55H. The van der Waals surface area contributed by atoms with Gasteiger partial charge in [-0.15, -0.1) is 0 Å². The van der Waals surface area contributed by atoms with Crippen LogP contribution < -0.4 is 5.32 Å². The summed E-state index contributed by atoms with van der Waals surface area (Å²) < 4.78 is 0. The zero-order valence-corrected chi connectivity index (χ0v) is 32.4. The van der Waals surface area contributed by atoms with Crippen molar-refractivity contribution in [3.63, 3.8) is 0 Å². The molecule has 60 heavy (non-hydrogen) atoms. The number of nitrogens with zero attached hydrogens (tertiary/aromatic N) is 5. The Balaban J connectivity index is 1.21. The molecule has 7 aliphatic heterocycles. The van der Waals surface area contributed by atoms with Crippen LogP contribution in [0.2, 0.25) is 0 Å². The van der Waals surface area contributed by atoms with E-state index in [-0.39, 0.29) is 0 Å². The van der Waals surface area contributed by atoms with Gasteiger partial charge in [-0.25, -0.2) is 20.0 Å². The van der Waals surface area contributed by atoms with Crippen LogP contribution >= 0.6 is 0 Å². The Bertz CT molecular complexity index is 3010. The van der Waals surface area contributed by atoms with Crippen LogP contribution in [-0.2, 0) is 0 Å². The molecular formula is C54H36N6. The van der Waals surface area contributed by atoms with Gasteiger partial charge in [-0.05, 0) is 100 Å². The molecule has 4 aromatic carbocycles. The topological polar surface area (TPSA) is 64.7 Å². The average molecular weight is 769 g/mol. The smallest absolute Gasteiger partial charge is 0.0978 e. The van der Waals surface area contributed by atoms with E-state index >= 15 is 0 Å². The van der Waals surface area contributed by atoms with Crippen molar-refractivity contribution < 1.29 is 0 Å². The van der Waals surface area contributed by atoms with Gasteiger partial charge in [0, 0.05) is 47.1 Å². The maximum atomic E-state index is 5.64. The Morgan fingerprint density at radius 1 is 0.350 bits per heavy atom. The Labute approximate surface area is 348 Å². The first kappa shape index (κ1) is 35.0. The van der Waals surface area contributed by atoms with Crippen LogP contribution in [0.25, 0.3) is 22.3 Å². The highest BCUT2D eigenvalue weighted by Crippen LogP contribution is 2.41. The summed E-state index contributed by atoms with van der Waals surface area (Å²) in [6.07, 6.45) is 31.5. The van der Waals surface area contributed by atoms with Gasteiger partial charge >= 0.3 is 0 Å². The molecule has 6 nitrogen and oxygen atoms in total. The summed E-state index contributed by atoms with van der Waals surface area (Å²) in [6.45, 7) is 0. The lowest BCUT2D eigenvalue weighted by molar-refractivity contribution is 0.636. The van der Waals surface area contributed by atoms with E-state index in [1.165, 1.54) is 0 Å². The normalized spacial score (nSPS) is 18.8. The van der Waals surface area contributed by atoms with E-state index < -0.39 is 0 Å². The second-order valence-electron chi connectivity index (χ2n) is 14.8. The molecule has 0 amide bonds. The third-order valence-electron chi connectivity index (χ3n) is 11.1. The number of allylic oxidation sites excluding steroid dienone is 17. The predicted molar refractivity (Wildman–Crippen MR) is 247 cm³/mol. The molecule has 0 fully saturated rings. The Kier molecular flexibility index (Phi) is 8.71. The Morgan fingerprint density at radius 3 is 1.18 bits per heavy atom. The molecule has 1 N–H and O–H groups in total. The molecule has 0 aliphatic carbocycles. The van der Waals surface area contributed by atoms with E-state index in [1.54, 1.807) is 0 Å². The van der Waals surface area contributed by atoms with E-state index in [4.69, 9.17) is 20.0 Å². The van der Waals surface area contributed by atoms with Gasteiger partial charge in [0.1, 0.15) is 0 Å². The average Bonchev–Trinajstić information content (AvgIpc) is 4.16. The number of aliphatic imine (C=N–C) groups is 4. The molecule has 6 heteroatoms. The van der Waals surface area contributed by atoms with Crippen molar-refractivity contribution in [1.29, 1.82) is 0 Å². The second kappa shape index (κ2) is 14.9. The summed E-state index contributed by atoms with van der Waals surface area (Å²) in [5.41, 5.74) is 17.7. The van der Waals surface area contributed by atoms with Crippen LogP contribution in [0.3, 0.4) is 0 Å². The fraction of sp³-hybridized carbons (Fsp3) is 0. The minimum atomic E-state index is 0.810. The first-order valence-corrected chi connectivity index (χ1v) is 20.0. The molecule has 8 bridgehead atoms. The molecule has 0 saturated heterocycles. The van der Waals surface area contributed by atoms with Gasteiger partial charge in [-0.3, -0.25) is 0 Å². The quantitative estimate of drug-likeness (QED) is 0.220. The minimum Gasteiger partial charge on any atom is -0.368 e. The van der Waals surface area contributed by atoms with Gasteiger partial charge in [-0.1, -0.05) is 121 Å². The Hall–Kier alpha value is -8.22. The molecule has 0 atom stereocenters. The number of rotatable bonds is 5. The van der Waals surface area contributed by atoms with Crippen LogP contribution in [0.5, 0.6) is 0 Å². The molecule has 0 saturated carbocycles. The number of hydrogen-bond acceptors (Lipinski definition) is 6. The summed E-state index contributed by atoms with van der Waals surface area (Å²) in [4.78, 5) is 24.1. The summed E-state index contributed by atoms with van der Waals surface area (Å²) in [5.74, 6) is 0. The second-order valence-corrected chi connectivity index (χ2v) is 14.8. The molecular weight excluding hydrogens is 733 g/mol. The number of fused-ring (bicyclic) bond motifs is 4. The SMILES string of the molecule is C1=CC(=C2C=CN(C3=CC4=NC3=C(c3ccccc3)C3=NC(=C(c5ccccc5)C5=NC(=C(c6ccccc6)C6=NC(=C4c4ccccc4)C=C6)C=C5)C=C3)C=C2)C=CN1. The summed E-state index contributed by atoms with van der Waals surface area (Å²) >= 11 is 0. The fourth-order valence-corrected chi connectivity index (χ4v) is 8.30. The third-order valence-corrected chi connectivity index (χ3v) is 11.1. The number of hydrogen-bond donors (Lipinski definition) is 1. The molecule has 7 heterocycles. The third kappa shape index (κ3) is 6.33. The van der Waals surface area contributed by atoms with Gasteiger partial charge < -0.3 is 10.2 Å². The highest BCUT2D eigenvalue weighted by molar-refractivity contribution is 6.39. The zero-order chi connectivity index (χ0) is 39.8. The maximum absolute atomic E-state index is 5.64. The highest BCUT2D eigenvalue weighted by atomic mass is 15.1. The van der Waals surface area contributed by atoms with Gasteiger partial charge in [-0.2, -0.15) is 0 Å². The van der Waals surface area contributed by atoms with Crippen molar-refractivity contribution in [3.8, 4) is 0 Å². The van der Waals surface area contributed by atoms with Crippen LogP contribution in [0.15, 0.2) is 273 Å².